The van der Waals surface area contributed by atoms with Gasteiger partial charge >= 0.3 is 0 Å². The van der Waals surface area contributed by atoms with E-state index in [2.05, 4.69) is 31.0 Å². The van der Waals surface area contributed by atoms with Crippen LogP contribution in [0.5, 0.6) is 0 Å². The van der Waals surface area contributed by atoms with Gasteiger partial charge in [0, 0.05) is 31.4 Å². The first-order valence-electron chi connectivity index (χ1n) is 4.79. The summed E-state index contributed by atoms with van der Waals surface area (Å²) in [4.78, 5) is 18.2. The number of hydrogen-bond acceptors (Lipinski definition) is 3. The molecule has 0 spiro atoms. The lowest BCUT2D eigenvalue weighted by Crippen LogP contribution is -2.11. The monoisotopic (exact) mass is 282 g/mol. The van der Waals surface area contributed by atoms with Gasteiger partial charge in [0.05, 0.1) is 5.69 Å². The van der Waals surface area contributed by atoms with Crippen molar-refractivity contribution in [2.45, 2.75) is 13.3 Å². The summed E-state index contributed by atoms with van der Waals surface area (Å²) in [5.41, 5.74) is 1.85. The van der Waals surface area contributed by atoms with Crippen molar-refractivity contribution >= 4 is 15.9 Å². The van der Waals surface area contributed by atoms with E-state index in [0.29, 0.717) is 16.7 Å². The summed E-state index contributed by atoms with van der Waals surface area (Å²) in [6.07, 6.45) is 4.03. The standard InChI is InChI=1S/C10H11BrN4O/c1-6-7(5-15(2)14-6)3-9-12-4-8(11)10(16)13-9/h4-5H,3H2,1-2H3,(H,12,13,16). The van der Waals surface area contributed by atoms with Crippen LogP contribution in [0.3, 0.4) is 0 Å². The van der Waals surface area contributed by atoms with Crippen molar-refractivity contribution in [1.82, 2.24) is 19.7 Å². The van der Waals surface area contributed by atoms with Crippen LogP contribution in [0.1, 0.15) is 17.1 Å². The molecule has 0 amide bonds. The van der Waals surface area contributed by atoms with Crippen LogP contribution >= 0.6 is 15.9 Å². The zero-order valence-corrected chi connectivity index (χ0v) is 10.6. The van der Waals surface area contributed by atoms with Crippen molar-refractivity contribution in [3.8, 4) is 0 Å². The molecule has 0 saturated heterocycles. The van der Waals surface area contributed by atoms with Crippen LogP contribution in [-0.4, -0.2) is 19.7 Å². The molecule has 0 radical (unpaired) electrons. The molecule has 6 heteroatoms. The number of aromatic nitrogens is 4. The second kappa shape index (κ2) is 4.21. The van der Waals surface area contributed by atoms with Crippen molar-refractivity contribution in [2.75, 3.05) is 0 Å². The predicted octanol–water partition coefficient (Wildman–Crippen LogP) is 1.17. The Hall–Kier alpha value is -1.43. The molecule has 0 aliphatic carbocycles. The Morgan fingerprint density at radius 3 is 2.88 bits per heavy atom. The maximum absolute atomic E-state index is 11.4. The smallest absolute Gasteiger partial charge is 0.265 e. The maximum atomic E-state index is 11.4. The predicted molar refractivity (Wildman–Crippen MR) is 63.3 cm³/mol. The van der Waals surface area contributed by atoms with E-state index in [9.17, 15) is 4.79 Å². The summed E-state index contributed by atoms with van der Waals surface area (Å²) >= 11 is 3.11. The lowest BCUT2D eigenvalue weighted by Gasteiger charge is -1.99. The van der Waals surface area contributed by atoms with E-state index >= 15 is 0 Å². The highest BCUT2D eigenvalue weighted by atomic mass is 79.9. The van der Waals surface area contributed by atoms with E-state index in [1.807, 2.05) is 20.2 Å². The molecule has 0 fully saturated rings. The SMILES string of the molecule is Cc1nn(C)cc1Cc1ncc(Br)c(=O)[nH]1. The summed E-state index contributed by atoms with van der Waals surface area (Å²) in [5.74, 6) is 0.643. The Bertz CT molecular complexity index is 572. The van der Waals surface area contributed by atoms with Gasteiger partial charge < -0.3 is 4.98 Å². The highest BCUT2D eigenvalue weighted by Crippen LogP contribution is 2.09. The van der Waals surface area contributed by atoms with E-state index < -0.39 is 0 Å². The molecule has 0 unspecified atom stereocenters. The van der Waals surface area contributed by atoms with E-state index in [-0.39, 0.29) is 5.56 Å². The molecule has 2 aromatic heterocycles. The first-order chi connectivity index (χ1) is 7.56. The van der Waals surface area contributed by atoms with Crippen LogP contribution in [0, 0.1) is 6.92 Å². The number of halogens is 1. The van der Waals surface area contributed by atoms with Gasteiger partial charge in [-0.2, -0.15) is 5.10 Å². The van der Waals surface area contributed by atoms with E-state index in [4.69, 9.17) is 0 Å². The van der Waals surface area contributed by atoms with Crippen LogP contribution in [0.15, 0.2) is 21.7 Å². The third kappa shape index (κ3) is 2.21. The number of hydrogen-bond donors (Lipinski definition) is 1. The van der Waals surface area contributed by atoms with E-state index in [1.165, 1.54) is 6.20 Å². The topological polar surface area (TPSA) is 63.6 Å². The maximum Gasteiger partial charge on any atom is 0.265 e. The highest BCUT2D eigenvalue weighted by molar-refractivity contribution is 9.10. The molecule has 2 rings (SSSR count). The number of nitrogens with zero attached hydrogens (tertiary/aromatic N) is 3. The van der Waals surface area contributed by atoms with E-state index in [1.54, 1.807) is 4.68 Å². The highest BCUT2D eigenvalue weighted by Gasteiger charge is 2.06. The summed E-state index contributed by atoms with van der Waals surface area (Å²) in [6, 6.07) is 0. The quantitative estimate of drug-likeness (QED) is 0.899. The molecule has 84 valence electrons. The second-order valence-electron chi connectivity index (χ2n) is 3.60. The van der Waals surface area contributed by atoms with Crippen LogP contribution in [-0.2, 0) is 13.5 Å². The van der Waals surface area contributed by atoms with Crippen molar-refractivity contribution in [2.24, 2.45) is 7.05 Å². The number of aryl methyl sites for hydroxylation is 2. The zero-order chi connectivity index (χ0) is 11.7. The molecule has 0 saturated carbocycles. The average molecular weight is 283 g/mol. The first-order valence-corrected chi connectivity index (χ1v) is 5.58. The van der Waals surface area contributed by atoms with Gasteiger partial charge in [-0.3, -0.25) is 9.48 Å². The Morgan fingerprint density at radius 1 is 1.56 bits per heavy atom. The average Bonchev–Trinajstić information content (AvgIpc) is 2.51. The third-order valence-corrected chi connectivity index (χ3v) is 2.85. The van der Waals surface area contributed by atoms with Crippen LogP contribution < -0.4 is 5.56 Å². The minimum absolute atomic E-state index is 0.161. The second-order valence-corrected chi connectivity index (χ2v) is 4.45. The molecule has 2 heterocycles. The lowest BCUT2D eigenvalue weighted by molar-refractivity contribution is 0.756. The zero-order valence-electron chi connectivity index (χ0n) is 8.99. The fourth-order valence-electron chi connectivity index (χ4n) is 1.51. The van der Waals surface area contributed by atoms with Gasteiger partial charge in [-0.25, -0.2) is 4.98 Å². The Balaban J connectivity index is 2.30. The van der Waals surface area contributed by atoms with Gasteiger partial charge in [0.25, 0.3) is 5.56 Å². The lowest BCUT2D eigenvalue weighted by atomic mass is 10.2. The molecule has 0 aromatic carbocycles. The Morgan fingerprint density at radius 2 is 2.31 bits per heavy atom. The van der Waals surface area contributed by atoms with Gasteiger partial charge in [-0.1, -0.05) is 0 Å². The summed E-state index contributed by atoms with van der Waals surface area (Å²) in [7, 11) is 1.87. The molecule has 0 aliphatic heterocycles. The molecular weight excluding hydrogens is 272 g/mol. The van der Waals surface area contributed by atoms with Crippen molar-refractivity contribution < 1.29 is 0 Å². The summed E-state index contributed by atoms with van der Waals surface area (Å²) in [5, 5.41) is 4.23. The summed E-state index contributed by atoms with van der Waals surface area (Å²) in [6.45, 7) is 1.94. The Labute approximate surface area is 101 Å². The van der Waals surface area contributed by atoms with Crippen molar-refractivity contribution in [1.29, 1.82) is 0 Å². The normalized spacial score (nSPS) is 10.7. The minimum atomic E-state index is -0.161. The van der Waals surface area contributed by atoms with Gasteiger partial charge in [0.2, 0.25) is 0 Å². The first kappa shape index (κ1) is 11.1. The molecule has 2 aromatic rings. The molecule has 0 bridgehead atoms. The number of aromatic amines is 1. The fraction of sp³-hybridized carbons (Fsp3) is 0.300. The molecule has 16 heavy (non-hydrogen) atoms. The van der Waals surface area contributed by atoms with Gasteiger partial charge in [0.1, 0.15) is 10.3 Å². The van der Waals surface area contributed by atoms with Crippen LogP contribution in [0.2, 0.25) is 0 Å². The van der Waals surface area contributed by atoms with Crippen LogP contribution in [0.25, 0.3) is 0 Å². The summed E-state index contributed by atoms with van der Waals surface area (Å²) < 4.78 is 2.20. The largest absolute Gasteiger partial charge is 0.309 e. The third-order valence-electron chi connectivity index (χ3n) is 2.28. The minimum Gasteiger partial charge on any atom is -0.309 e. The van der Waals surface area contributed by atoms with E-state index in [0.717, 1.165) is 11.3 Å². The number of nitrogens with one attached hydrogen (secondary N) is 1. The Kier molecular flexibility index (Phi) is 2.91. The fourth-order valence-corrected chi connectivity index (χ4v) is 1.71. The number of H-pyrrole nitrogens is 1. The molecule has 5 nitrogen and oxygen atoms in total. The van der Waals surface area contributed by atoms with Gasteiger partial charge in [0.15, 0.2) is 0 Å². The van der Waals surface area contributed by atoms with Gasteiger partial charge in [-0.05, 0) is 22.9 Å². The van der Waals surface area contributed by atoms with Gasteiger partial charge in [-0.15, -0.1) is 0 Å². The van der Waals surface area contributed by atoms with Crippen LogP contribution in [0.4, 0.5) is 0 Å². The van der Waals surface area contributed by atoms with Crippen molar-refractivity contribution in [3.63, 3.8) is 0 Å². The molecule has 1 N–H and O–H groups in total. The number of rotatable bonds is 2. The molecular formula is C10H11BrN4O. The molecule has 0 aliphatic rings. The van der Waals surface area contributed by atoms with Crippen molar-refractivity contribution in [3.05, 3.63) is 44.3 Å². The molecule has 0 atom stereocenters.